The fourth-order valence-corrected chi connectivity index (χ4v) is 4.41. The van der Waals surface area contributed by atoms with Gasteiger partial charge in [-0.25, -0.2) is 0 Å². The number of carbonyl (C=O) groups excluding carboxylic acids is 1. The summed E-state index contributed by atoms with van der Waals surface area (Å²) in [6.07, 6.45) is 9.35. The zero-order chi connectivity index (χ0) is 12.5. The highest BCUT2D eigenvalue weighted by Gasteiger charge is 2.43. The average molecular weight is 251 g/mol. The normalized spacial score (nSPS) is 37.1. The van der Waals surface area contributed by atoms with E-state index in [0.29, 0.717) is 18.4 Å². The Labute approximate surface area is 109 Å². The van der Waals surface area contributed by atoms with Crippen LogP contribution < -0.4 is 5.32 Å². The molecule has 0 aromatic rings. The Morgan fingerprint density at radius 2 is 1.94 bits per heavy atom. The number of amides is 1. The largest absolute Gasteiger partial charge is 0.391 e. The Balaban J connectivity index is 1.44. The van der Waals surface area contributed by atoms with E-state index in [1.165, 1.54) is 32.1 Å². The molecule has 0 saturated heterocycles. The number of nitrogens with one attached hydrogen (secondary N) is 1. The third-order valence-electron chi connectivity index (χ3n) is 5.50. The van der Waals surface area contributed by atoms with Gasteiger partial charge in [-0.05, 0) is 49.9 Å². The quantitative estimate of drug-likeness (QED) is 0.804. The molecule has 4 atom stereocenters. The zero-order valence-corrected chi connectivity index (χ0v) is 11.1. The van der Waals surface area contributed by atoms with Crippen LogP contribution in [0, 0.1) is 23.7 Å². The lowest BCUT2D eigenvalue weighted by Crippen LogP contribution is -2.40. The summed E-state index contributed by atoms with van der Waals surface area (Å²) in [4.78, 5) is 12.1. The highest BCUT2D eigenvalue weighted by Crippen LogP contribution is 2.48. The van der Waals surface area contributed by atoms with E-state index in [4.69, 9.17) is 0 Å². The highest BCUT2D eigenvalue weighted by molar-refractivity contribution is 5.79. The van der Waals surface area contributed by atoms with Crippen molar-refractivity contribution in [2.24, 2.45) is 23.7 Å². The van der Waals surface area contributed by atoms with E-state index in [0.717, 1.165) is 25.2 Å². The minimum Gasteiger partial charge on any atom is -0.391 e. The van der Waals surface area contributed by atoms with Gasteiger partial charge in [-0.15, -0.1) is 0 Å². The summed E-state index contributed by atoms with van der Waals surface area (Å²) in [6, 6.07) is 0. The van der Waals surface area contributed by atoms with E-state index in [1.807, 2.05) is 0 Å². The van der Waals surface area contributed by atoms with Gasteiger partial charge in [0.25, 0.3) is 0 Å². The molecule has 3 saturated carbocycles. The Hall–Kier alpha value is -0.570. The Bertz CT molecular complexity index is 312. The lowest BCUT2D eigenvalue weighted by Gasteiger charge is -2.23. The topological polar surface area (TPSA) is 49.3 Å². The molecule has 2 N–H and O–H groups in total. The SMILES string of the molecule is O=C(NCC(O)C1CCCC1)C1CC2CCC1C2. The molecule has 1 amide bonds. The summed E-state index contributed by atoms with van der Waals surface area (Å²) < 4.78 is 0. The molecule has 2 bridgehead atoms. The van der Waals surface area contributed by atoms with E-state index in [2.05, 4.69) is 5.32 Å². The molecule has 3 heteroatoms. The molecule has 3 fully saturated rings. The van der Waals surface area contributed by atoms with Gasteiger partial charge < -0.3 is 10.4 Å². The van der Waals surface area contributed by atoms with Crippen LogP contribution in [0.1, 0.15) is 51.4 Å². The van der Waals surface area contributed by atoms with Crippen molar-refractivity contribution < 1.29 is 9.90 Å². The molecule has 0 aromatic heterocycles. The lowest BCUT2D eigenvalue weighted by atomic mass is 9.88. The molecule has 0 aromatic carbocycles. The van der Waals surface area contributed by atoms with Crippen molar-refractivity contribution in [2.45, 2.75) is 57.5 Å². The predicted molar refractivity (Wildman–Crippen MR) is 69.9 cm³/mol. The van der Waals surface area contributed by atoms with Crippen LogP contribution in [0.3, 0.4) is 0 Å². The molecule has 3 aliphatic rings. The Morgan fingerprint density at radius 1 is 1.17 bits per heavy atom. The highest BCUT2D eigenvalue weighted by atomic mass is 16.3. The van der Waals surface area contributed by atoms with Gasteiger partial charge in [-0.1, -0.05) is 19.3 Å². The smallest absolute Gasteiger partial charge is 0.223 e. The van der Waals surface area contributed by atoms with Gasteiger partial charge >= 0.3 is 0 Å². The van der Waals surface area contributed by atoms with Crippen molar-refractivity contribution >= 4 is 5.91 Å². The average Bonchev–Trinajstić information content (AvgIpc) is 3.09. The number of rotatable bonds is 4. The lowest BCUT2D eigenvalue weighted by molar-refractivity contribution is -0.127. The van der Waals surface area contributed by atoms with E-state index in [9.17, 15) is 9.90 Å². The van der Waals surface area contributed by atoms with E-state index < -0.39 is 0 Å². The minimum atomic E-state index is -0.324. The van der Waals surface area contributed by atoms with Gasteiger partial charge in [-0.3, -0.25) is 4.79 Å². The maximum Gasteiger partial charge on any atom is 0.223 e. The van der Waals surface area contributed by atoms with Crippen LogP contribution >= 0.6 is 0 Å². The molecule has 0 heterocycles. The molecule has 3 aliphatic carbocycles. The second kappa shape index (κ2) is 5.20. The van der Waals surface area contributed by atoms with Crippen LogP contribution in [0.2, 0.25) is 0 Å². The number of fused-ring (bicyclic) bond motifs is 2. The fourth-order valence-electron chi connectivity index (χ4n) is 4.41. The van der Waals surface area contributed by atoms with Gasteiger partial charge in [0.1, 0.15) is 0 Å². The van der Waals surface area contributed by atoms with Gasteiger partial charge in [-0.2, -0.15) is 0 Å². The molecule has 3 rings (SSSR count). The standard InChI is InChI=1S/C15H25NO2/c17-14(11-3-1-2-4-11)9-16-15(18)13-8-10-5-6-12(13)7-10/h10-14,17H,1-9H2,(H,16,18). The van der Waals surface area contributed by atoms with Gasteiger partial charge in [0.15, 0.2) is 0 Å². The van der Waals surface area contributed by atoms with Crippen molar-refractivity contribution in [3.63, 3.8) is 0 Å². The number of hydrogen-bond donors (Lipinski definition) is 2. The summed E-state index contributed by atoms with van der Waals surface area (Å²) in [5.41, 5.74) is 0. The van der Waals surface area contributed by atoms with Crippen molar-refractivity contribution in [1.82, 2.24) is 5.32 Å². The van der Waals surface area contributed by atoms with Crippen LogP contribution in [0.5, 0.6) is 0 Å². The van der Waals surface area contributed by atoms with Crippen LogP contribution in [0.4, 0.5) is 0 Å². The first-order valence-corrected chi connectivity index (χ1v) is 7.70. The van der Waals surface area contributed by atoms with E-state index in [1.54, 1.807) is 0 Å². The number of hydrogen-bond acceptors (Lipinski definition) is 2. The van der Waals surface area contributed by atoms with Gasteiger partial charge in [0.05, 0.1) is 6.10 Å². The summed E-state index contributed by atoms with van der Waals surface area (Å²) in [7, 11) is 0. The summed E-state index contributed by atoms with van der Waals surface area (Å²) in [5.74, 6) is 2.33. The number of aliphatic hydroxyl groups is 1. The van der Waals surface area contributed by atoms with Crippen molar-refractivity contribution in [3.05, 3.63) is 0 Å². The van der Waals surface area contributed by atoms with Crippen molar-refractivity contribution in [3.8, 4) is 0 Å². The Kier molecular flexibility index (Phi) is 3.60. The van der Waals surface area contributed by atoms with Crippen LogP contribution in [0.15, 0.2) is 0 Å². The molecule has 3 nitrogen and oxygen atoms in total. The third kappa shape index (κ3) is 2.42. The summed E-state index contributed by atoms with van der Waals surface area (Å²) >= 11 is 0. The molecule has 102 valence electrons. The maximum atomic E-state index is 12.1. The van der Waals surface area contributed by atoms with Crippen LogP contribution in [-0.2, 0) is 4.79 Å². The Morgan fingerprint density at radius 3 is 2.56 bits per heavy atom. The summed E-state index contributed by atoms with van der Waals surface area (Å²) in [5, 5.41) is 13.1. The molecule has 0 spiro atoms. The van der Waals surface area contributed by atoms with E-state index in [-0.39, 0.29) is 17.9 Å². The van der Waals surface area contributed by atoms with Crippen LogP contribution in [0.25, 0.3) is 0 Å². The van der Waals surface area contributed by atoms with Crippen molar-refractivity contribution in [1.29, 1.82) is 0 Å². The number of aliphatic hydroxyl groups excluding tert-OH is 1. The third-order valence-corrected chi connectivity index (χ3v) is 5.50. The van der Waals surface area contributed by atoms with Gasteiger partial charge in [0, 0.05) is 12.5 Å². The molecular formula is C15H25NO2. The maximum absolute atomic E-state index is 12.1. The zero-order valence-electron chi connectivity index (χ0n) is 11.1. The molecule has 4 unspecified atom stereocenters. The first-order chi connectivity index (χ1) is 8.74. The first kappa shape index (κ1) is 12.5. The van der Waals surface area contributed by atoms with E-state index >= 15 is 0 Å². The minimum absolute atomic E-state index is 0.208. The van der Waals surface area contributed by atoms with Crippen LogP contribution in [-0.4, -0.2) is 23.7 Å². The monoisotopic (exact) mass is 251 g/mol. The first-order valence-electron chi connectivity index (χ1n) is 7.70. The number of carbonyl (C=O) groups is 1. The second-order valence-corrected chi connectivity index (χ2v) is 6.64. The molecular weight excluding hydrogens is 226 g/mol. The fraction of sp³-hybridized carbons (Fsp3) is 0.933. The molecule has 0 radical (unpaired) electrons. The predicted octanol–water partition coefficient (Wildman–Crippen LogP) is 2.09. The second-order valence-electron chi connectivity index (χ2n) is 6.64. The molecule has 18 heavy (non-hydrogen) atoms. The van der Waals surface area contributed by atoms with Crippen molar-refractivity contribution in [2.75, 3.05) is 6.54 Å². The van der Waals surface area contributed by atoms with Gasteiger partial charge in [0.2, 0.25) is 5.91 Å². The molecule has 0 aliphatic heterocycles. The summed E-state index contributed by atoms with van der Waals surface area (Å²) in [6.45, 7) is 0.470.